The molecule has 2 bridgehead atoms. The highest BCUT2D eigenvalue weighted by molar-refractivity contribution is 4.91. The van der Waals surface area contributed by atoms with Crippen molar-refractivity contribution in [3.05, 3.63) is 0 Å². The Morgan fingerprint density at radius 3 is 2.33 bits per heavy atom. The summed E-state index contributed by atoms with van der Waals surface area (Å²) in [5.74, 6) is 4.18. The summed E-state index contributed by atoms with van der Waals surface area (Å²) in [6, 6.07) is 0.766. The van der Waals surface area contributed by atoms with Crippen LogP contribution < -0.4 is 5.32 Å². The molecule has 4 atom stereocenters. The van der Waals surface area contributed by atoms with Gasteiger partial charge in [-0.15, -0.1) is 0 Å². The summed E-state index contributed by atoms with van der Waals surface area (Å²) >= 11 is 0. The van der Waals surface area contributed by atoms with Gasteiger partial charge in [-0.1, -0.05) is 32.1 Å². The Morgan fingerprint density at radius 1 is 0.944 bits per heavy atom. The second-order valence-corrected chi connectivity index (χ2v) is 7.38. The highest BCUT2D eigenvalue weighted by atomic mass is 14.9. The molecule has 104 valence electrons. The SMILES string of the molecule is C[C@H](NCC1CC2CCC1C2)C1CCCCCC1. The molecule has 3 aliphatic carbocycles. The topological polar surface area (TPSA) is 12.0 Å². The number of hydrogen-bond donors (Lipinski definition) is 1. The second-order valence-electron chi connectivity index (χ2n) is 7.38. The van der Waals surface area contributed by atoms with E-state index in [0.717, 1.165) is 29.7 Å². The van der Waals surface area contributed by atoms with Gasteiger partial charge in [0.15, 0.2) is 0 Å². The van der Waals surface area contributed by atoms with E-state index in [1.54, 1.807) is 12.8 Å². The molecule has 0 aromatic heterocycles. The minimum absolute atomic E-state index is 0.766. The molecule has 1 N–H and O–H groups in total. The number of fused-ring (bicyclic) bond motifs is 2. The predicted octanol–water partition coefficient (Wildman–Crippen LogP) is 4.37. The van der Waals surface area contributed by atoms with Gasteiger partial charge < -0.3 is 5.32 Å². The summed E-state index contributed by atoms with van der Waals surface area (Å²) in [6.45, 7) is 3.77. The molecule has 18 heavy (non-hydrogen) atoms. The van der Waals surface area contributed by atoms with Crippen molar-refractivity contribution in [2.45, 2.75) is 77.2 Å². The van der Waals surface area contributed by atoms with Crippen molar-refractivity contribution in [1.82, 2.24) is 5.32 Å². The van der Waals surface area contributed by atoms with Crippen molar-refractivity contribution in [3.8, 4) is 0 Å². The monoisotopic (exact) mass is 249 g/mol. The van der Waals surface area contributed by atoms with Gasteiger partial charge in [-0.3, -0.25) is 0 Å². The lowest BCUT2D eigenvalue weighted by Crippen LogP contribution is -2.37. The molecular weight excluding hydrogens is 218 g/mol. The fraction of sp³-hybridized carbons (Fsp3) is 1.00. The first-order valence-electron chi connectivity index (χ1n) is 8.56. The van der Waals surface area contributed by atoms with Crippen LogP contribution in [0.4, 0.5) is 0 Å². The van der Waals surface area contributed by atoms with Gasteiger partial charge in [-0.05, 0) is 69.2 Å². The van der Waals surface area contributed by atoms with Crippen LogP contribution in [0, 0.1) is 23.7 Å². The van der Waals surface area contributed by atoms with E-state index in [1.807, 2.05) is 0 Å². The summed E-state index contributed by atoms with van der Waals surface area (Å²) in [5.41, 5.74) is 0. The van der Waals surface area contributed by atoms with Crippen LogP contribution in [-0.4, -0.2) is 12.6 Å². The van der Waals surface area contributed by atoms with Gasteiger partial charge in [0, 0.05) is 6.04 Å². The van der Waals surface area contributed by atoms with Crippen molar-refractivity contribution in [1.29, 1.82) is 0 Å². The average Bonchev–Trinajstić information content (AvgIpc) is 2.89. The molecule has 3 aliphatic rings. The van der Waals surface area contributed by atoms with Gasteiger partial charge in [0.05, 0.1) is 0 Å². The summed E-state index contributed by atoms with van der Waals surface area (Å²) in [7, 11) is 0. The van der Waals surface area contributed by atoms with Crippen LogP contribution in [-0.2, 0) is 0 Å². The Morgan fingerprint density at radius 2 is 1.72 bits per heavy atom. The Balaban J connectivity index is 1.42. The summed E-state index contributed by atoms with van der Waals surface area (Å²) in [6.07, 6.45) is 15.0. The van der Waals surface area contributed by atoms with Crippen molar-refractivity contribution in [3.63, 3.8) is 0 Å². The second kappa shape index (κ2) is 5.94. The number of rotatable bonds is 4. The molecule has 0 amide bonds. The zero-order valence-electron chi connectivity index (χ0n) is 12.2. The Kier molecular flexibility index (Phi) is 4.28. The molecule has 0 aromatic rings. The number of hydrogen-bond acceptors (Lipinski definition) is 1. The zero-order valence-corrected chi connectivity index (χ0v) is 12.2. The maximum atomic E-state index is 3.91. The largest absolute Gasteiger partial charge is 0.314 e. The van der Waals surface area contributed by atoms with Crippen molar-refractivity contribution >= 4 is 0 Å². The predicted molar refractivity (Wildman–Crippen MR) is 77.6 cm³/mol. The standard InChI is InChI=1S/C17H31N/c1-13(15-6-4-2-3-5-7-15)18-12-17-11-14-8-9-16(17)10-14/h13-18H,2-12H2,1H3/t13-,14?,16?,17?/m0/s1. The summed E-state index contributed by atoms with van der Waals surface area (Å²) in [4.78, 5) is 0. The van der Waals surface area contributed by atoms with Crippen LogP contribution in [0.2, 0.25) is 0 Å². The fourth-order valence-electron chi connectivity index (χ4n) is 4.94. The Bertz CT molecular complexity index is 254. The lowest BCUT2D eigenvalue weighted by Gasteiger charge is -2.28. The molecule has 0 saturated heterocycles. The normalized spacial score (nSPS) is 38.8. The molecule has 1 heteroatoms. The maximum Gasteiger partial charge on any atom is 0.00671 e. The lowest BCUT2D eigenvalue weighted by atomic mass is 9.87. The van der Waals surface area contributed by atoms with E-state index in [2.05, 4.69) is 12.2 Å². The average molecular weight is 249 g/mol. The van der Waals surface area contributed by atoms with Crippen LogP contribution in [0.5, 0.6) is 0 Å². The van der Waals surface area contributed by atoms with Crippen molar-refractivity contribution in [2.75, 3.05) is 6.54 Å². The van der Waals surface area contributed by atoms with Gasteiger partial charge in [0.2, 0.25) is 0 Å². The van der Waals surface area contributed by atoms with Gasteiger partial charge >= 0.3 is 0 Å². The molecule has 0 heterocycles. The van der Waals surface area contributed by atoms with E-state index in [0.29, 0.717) is 0 Å². The third-order valence-corrected chi connectivity index (χ3v) is 6.19. The van der Waals surface area contributed by atoms with E-state index in [9.17, 15) is 0 Å². The smallest absolute Gasteiger partial charge is 0.00671 e. The molecule has 0 spiro atoms. The van der Waals surface area contributed by atoms with Crippen LogP contribution in [0.25, 0.3) is 0 Å². The van der Waals surface area contributed by atoms with E-state index >= 15 is 0 Å². The van der Waals surface area contributed by atoms with Gasteiger partial charge in [-0.25, -0.2) is 0 Å². The minimum atomic E-state index is 0.766. The molecule has 0 aromatic carbocycles. The summed E-state index contributed by atoms with van der Waals surface area (Å²) < 4.78 is 0. The quantitative estimate of drug-likeness (QED) is 0.729. The zero-order chi connectivity index (χ0) is 12.4. The highest BCUT2D eigenvalue weighted by Crippen LogP contribution is 2.48. The molecular formula is C17H31N. The minimum Gasteiger partial charge on any atom is -0.314 e. The third kappa shape index (κ3) is 2.92. The Labute approximate surface area is 113 Å². The van der Waals surface area contributed by atoms with Gasteiger partial charge in [0.1, 0.15) is 0 Å². The van der Waals surface area contributed by atoms with E-state index in [4.69, 9.17) is 0 Å². The molecule has 3 fully saturated rings. The van der Waals surface area contributed by atoms with Crippen molar-refractivity contribution < 1.29 is 0 Å². The fourth-order valence-corrected chi connectivity index (χ4v) is 4.94. The first-order chi connectivity index (χ1) is 8.83. The molecule has 0 aliphatic heterocycles. The first kappa shape index (κ1) is 13.0. The molecule has 3 unspecified atom stereocenters. The van der Waals surface area contributed by atoms with E-state index in [-0.39, 0.29) is 0 Å². The van der Waals surface area contributed by atoms with Crippen LogP contribution in [0.15, 0.2) is 0 Å². The lowest BCUT2D eigenvalue weighted by molar-refractivity contribution is 0.274. The molecule has 3 saturated carbocycles. The first-order valence-corrected chi connectivity index (χ1v) is 8.56. The van der Waals surface area contributed by atoms with Gasteiger partial charge in [0.25, 0.3) is 0 Å². The molecule has 1 nitrogen and oxygen atoms in total. The van der Waals surface area contributed by atoms with Crippen LogP contribution >= 0.6 is 0 Å². The van der Waals surface area contributed by atoms with Gasteiger partial charge in [-0.2, -0.15) is 0 Å². The van der Waals surface area contributed by atoms with Crippen LogP contribution in [0.1, 0.15) is 71.1 Å². The third-order valence-electron chi connectivity index (χ3n) is 6.19. The van der Waals surface area contributed by atoms with Crippen molar-refractivity contribution in [2.24, 2.45) is 23.7 Å². The maximum absolute atomic E-state index is 3.91. The van der Waals surface area contributed by atoms with Crippen LogP contribution in [0.3, 0.4) is 0 Å². The summed E-state index contributed by atoms with van der Waals surface area (Å²) in [5, 5.41) is 3.91. The Hall–Kier alpha value is -0.0400. The highest BCUT2D eigenvalue weighted by Gasteiger charge is 2.39. The van der Waals surface area contributed by atoms with E-state index in [1.165, 1.54) is 57.9 Å². The van der Waals surface area contributed by atoms with E-state index < -0.39 is 0 Å². The molecule has 3 rings (SSSR count). The molecule has 0 radical (unpaired) electrons. The number of nitrogens with one attached hydrogen (secondary N) is 1.